The zero-order chi connectivity index (χ0) is 29.6. The third-order valence-electron chi connectivity index (χ3n) is 7.11. The molecule has 41 heavy (non-hydrogen) atoms. The molecule has 0 bridgehead atoms. The molecular weight excluding hydrogens is 516 g/mol. The first kappa shape index (κ1) is 29.6. The summed E-state index contributed by atoms with van der Waals surface area (Å²) in [6, 6.07) is 25.9. The van der Waals surface area contributed by atoms with E-state index in [2.05, 4.69) is 40.2 Å². The number of hydrogen-bond acceptors (Lipinski definition) is 5. The molecule has 0 radical (unpaired) electrons. The maximum atomic E-state index is 12.9. The molecule has 3 amide bonds. The number of amides is 3. The van der Waals surface area contributed by atoms with E-state index in [1.807, 2.05) is 63.2 Å². The first-order valence-corrected chi connectivity index (χ1v) is 13.7. The Hall–Kier alpha value is -4.40. The fourth-order valence-corrected chi connectivity index (χ4v) is 5.09. The lowest BCUT2D eigenvalue weighted by Gasteiger charge is -2.28. The molecule has 7 N–H and O–H groups in total. The van der Waals surface area contributed by atoms with Crippen LogP contribution in [0.15, 0.2) is 84.9 Å². The van der Waals surface area contributed by atoms with Crippen LogP contribution in [0.1, 0.15) is 55.2 Å². The van der Waals surface area contributed by atoms with Crippen LogP contribution in [0.5, 0.6) is 5.75 Å². The number of aromatic hydroxyl groups is 1. The Morgan fingerprint density at radius 3 is 2.41 bits per heavy atom. The topological polar surface area (TPSA) is 137 Å². The highest BCUT2D eigenvalue weighted by Gasteiger charge is 2.21. The van der Waals surface area contributed by atoms with Crippen molar-refractivity contribution < 1.29 is 19.8 Å². The standard InChI is InChI=1S/C33H38N4O4/c1-21(26-13-7-11-24-10-4-5-12-27(24)26)36-31(40)17-22-8-6-9-23(16-22)19-33(2,3)35-20-30(39)25-14-15-29(38)28(18-25)37-32(34)41/h4-16,18,21,30,35,38-39H,17,19-20H2,1-3H3,(H,36,40)(H3,34,37,41). The summed E-state index contributed by atoms with van der Waals surface area (Å²) in [5.74, 6) is -0.174. The van der Waals surface area contributed by atoms with Gasteiger partial charge in [-0.1, -0.05) is 72.8 Å². The lowest BCUT2D eigenvalue weighted by Crippen LogP contribution is -2.43. The highest BCUT2D eigenvalue weighted by Crippen LogP contribution is 2.28. The summed E-state index contributed by atoms with van der Waals surface area (Å²) in [5.41, 5.74) is 8.55. The molecule has 2 unspecified atom stereocenters. The van der Waals surface area contributed by atoms with Gasteiger partial charge in [0.25, 0.3) is 0 Å². The summed E-state index contributed by atoms with van der Waals surface area (Å²) in [4.78, 5) is 24.1. The first-order valence-electron chi connectivity index (χ1n) is 13.7. The van der Waals surface area contributed by atoms with Gasteiger partial charge in [-0.25, -0.2) is 4.79 Å². The average molecular weight is 555 g/mol. The molecule has 0 heterocycles. The maximum Gasteiger partial charge on any atom is 0.316 e. The largest absolute Gasteiger partial charge is 0.506 e. The summed E-state index contributed by atoms with van der Waals surface area (Å²) in [5, 5.41) is 31.8. The molecule has 4 aromatic rings. The van der Waals surface area contributed by atoms with Gasteiger partial charge >= 0.3 is 6.03 Å². The smallest absolute Gasteiger partial charge is 0.316 e. The second-order valence-electron chi connectivity index (χ2n) is 11.1. The Labute approximate surface area is 240 Å². The highest BCUT2D eigenvalue weighted by molar-refractivity contribution is 5.89. The van der Waals surface area contributed by atoms with Gasteiger partial charge in [0, 0.05) is 12.1 Å². The molecule has 0 aromatic heterocycles. The van der Waals surface area contributed by atoms with Gasteiger partial charge in [-0.2, -0.15) is 0 Å². The number of phenols is 1. The Kier molecular flexibility index (Phi) is 9.27. The molecule has 0 aliphatic carbocycles. The number of carbonyl (C=O) groups is 2. The molecule has 2 atom stereocenters. The number of primary amides is 1. The van der Waals surface area contributed by atoms with Crippen molar-refractivity contribution in [3.8, 4) is 5.75 Å². The minimum atomic E-state index is -0.873. The van der Waals surface area contributed by atoms with E-state index < -0.39 is 12.1 Å². The predicted molar refractivity (Wildman–Crippen MR) is 163 cm³/mol. The molecule has 8 heteroatoms. The minimum Gasteiger partial charge on any atom is -0.506 e. The predicted octanol–water partition coefficient (Wildman–Crippen LogP) is 5.10. The zero-order valence-corrected chi connectivity index (χ0v) is 23.6. The molecular formula is C33H38N4O4. The van der Waals surface area contributed by atoms with Crippen LogP contribution in [0.3, 0.4) is 0 Å². The van der Waals surface area contributed by atoms with Gasteiger partial charge in [-0.05, 0) is 72.4 Å². The Balaban J connectivity index is 1.34. The number of carbonyl (C=O) groups excluding carboxylic acids is 2. The minimum absolute atomic E-state index is 0.0396. The Morgan fingerprint density at radius 1 is 0.927 bits per heavy atom. The highest BCUT2D eigenvalue weighted by atomic mass is 16.3. The summed E-state index contributed by atoms with van der Waals surface area (Å²) in [6.07, 6.45) is 0.0750. The second-order valence-corrected chi connectivity index (χ2v) is 11.1. The molecule has 0 aliphatic rings. The van der Waals surface area contributed by atoms with Gasteiger partial charge in [-0.15, -0.1) is 0 Å². The van der Waals surface area contributed by atoms with E-state index in [1.54, 1.807) is 6.07 Å². The zero-order valence-electron chi connectivity index (χ0n) is 23.6. The van der Waals surface area contributed by atoms with Crippen LogP contribution in [0.25, 0.3) is 10.8 Å². The van der Waals surface area contributed by atoms with Crippen molar-refractivity contribution in [2.75, 3.05) is 11.9 Å². The van der Waals surface area contributed by atoms with Crippen molar-refractivity contribution in [3.63, 3.8) is 0 Å². The third-order valence-corrected chi connectivity index (χ3v) is 7.11. The molecule has 0 saturated heterocycles. The number of nitrogens with two attached hydrogens (primary N) is 1. The number of hydrogen-bond donors (Lipinski definition) is 6. The van der Waals surface area contributed by atoms with E-state index in [4.69, 9.17) is 5.73 Å². The van der Waals surface area contributed by atoms with E-state index in [0.29, 0.717) is 12.0 Å². The van der Waals surface area contributed by atoms with E-state index in [1.165, 1.54) is 12.1 Å². The second kappa shape index (κ2) is 12.8. The molecule has 4 rings (SSSR count). The lowest BCUT2D eigenvalue weighted by atomic mass is 9.93. The van der Waals surface area contributed by atoms with Crippen molar-refractivity contribution in [1.29, 1.82) is 0 Å². The summed E-state index contributed by atoms with van der Waals surface area (Å²) >= 11 is 0. The van der Waals surface area contributed by atoms with E-state index >= 15 is 0 Å². The van der Waals surface area contributed by atoms with Crippen LogP contribution in [0.2, 0.25) is 0 Å². The van der Waals surface area contributed by atoms with Gasteiger partial charge in [0.2, 0.25) is 5.91 Å². The van der Waals surface area contributed by atoms with Gasteiger partial charge in [-0.3, -0.25) is 4.79 Å². The Bertz CT molecular complexity index is 1530. The monoisotopic (exact) mass is 554 g/mol. The lowest BCUT2D eigenvalue weighted by molar-refractivity contribution is -0.121. The molecule has 4 aromatic carbocycles. The molecule has 0 aliphatic heterocycles. The number of benzene rings is 4. The Morgan fingerprint density at radius 2 is 1.63 bits per heavy atom. The third kappa shape index (κ3) is 8.06. The van der Waals surface area contributed by atoms with Crippen molar-refractivity contribution in [2.45, 2.75) is 51.3 Å². The first-order chi connectivity index (χ1) is 19.5. The number of aliphatic hydroxyl groups is 1. The SMILES string of the molecule is CC(NC(=O)Cc1cccc(CC(C)(C)NCC(O)c2ccc(O)c(NC(N)=O)c2)c1)c1cccc2ccccc12. The van der Waals surface area contributed by atoms with Gasteiger partial charge < -0.3 is 31.9 Å². The maximum absolute atomic E-state index is 12.9. The molecule has 0 spiro atoms. The molecule has 0 fully saturated rings. The van der Waals surface area contributed by atoms with Crippen molar-refractivity contribution >= 4 is 28.4 Å². The van der Waals surface area contributed by atoms with Gasteiger partial charge in [0.15, 0.2) is 0 Å². The van der Waals surface area contributed by atoms with E-state index in [9.17, 15) is 19.8 Å². The van der Waals surface area contributed by atoms with Crippen molar-refractivity contribution in [1.82, 2.24) is 10.6 Å². The summed E-state index contributed by atoms with van der Waals surface area (Å²) in [7, 11) is 0. The summed E-state index contributed by atoms with van der Waals surface area (Å²) < 4.78 is 0. The molecule has 214 valence electrons. The van der Waals surface area contributed by atoms with E-state index in [0.717, 1.165) is 27.5 Å². The van der Waals surface area contributed by atoms with Crippen molar-refractivity contribution in [2.24, 2.45) is 5.73 Å². The number of rotatable bonds is 11. The van der Waals surface area contributed by atoms with Crippen molar-refractivity contribution in [3.05, 3.63) is 107 Å². The number of anilines is 1. The van der Waals surface area contributed by atoms with Crippen LogP contribution in [0.4, 0.5) is 10.5 Å². The molecule has 0 saturated carbocycles. The number of aliphatic hydroxyl groups excluding tert-OH is 1. The molecule has 8 nitrogen and oxygen atoms in total. The number of β-amino-alcohol motifs (C(OH)–C–C–N with tert-alkyl or cyclic N) is 1. The fraction of sp³-hybridized carbons (Fsp3) is 0.273. The quantitative estimate of drug-likeness (QED) is 0.143. The van der Waals surface area contributed by atoms with Crippen LogP contribution >= 0.6 is 0 Å². The number of fused-ring (bicyclic) bond motifs is 1. The van der Waals surface area contributed by atoms with Crippen LogP contribution < -0.4 is 21.7 Å². The van der Waals surface area contributed by atoms with Gasteiger partial charge in [0.1, 0.15) is 5.75 Å². The van der Waals surface area contributed by atoms with Crippen LogP contribution in [-0.2, 0) is 17.6 Å². The normalized spacial score (nSPS) is 13.0. The van der Waals surface area contributed by atoms with Gasteiger partial charge in [0.05, 0.1) is 24.3 Å². The summed E-state index contributed by atoms with van der Waals surface area (Å²) in [6.45, 7) is 6.34. The van der Waals surface area contributed by atoms with E-state index in [-0.39, 0.29) is 41.9 Å². The number of phenolic OH excluding ortho intramolecular Hbond substituents is 1. The fourth-order valence-electron chi connectivity index (χ4n) is 5.09. The van der Waals surface area contributed by atoms with Crippen LogP contribution in [-0.4, -0.2) is 34.2 Å². The van der Waals surface area contributed by atoms with Crippen LogP contribution in [0, 0.1) is 0 Å². The average Bonchev–Trinajstić information content (AvgIpc) is 2.92. The number of nitrogens with one attached hydrogen (secondary N) is 3. The number of urea groups is 1.